The van der Waals surface area contributed by atoms with Crippen LogP contribution in [0.1, 0.15) is 18.4 Å². The first-order valence-electron chi connectivity index (χ1n) is 7.92. The van der Waals surface area contributed by atoms with E-state index in [0.29, 0.717) is 12.5 Å². The van der Waals surface area contributed by atoms with Gasteiger partial charge in [0.15, 0.2) is 0 Å². The van der Waals surface area contributed by atoms with Crippen LogP contribution in [0.2, 0.25) is 0 Å². The number of carbonyl (C=O) groups is 1. The highest BCUT2D eigenvalue weighted by Gasteiger charge is 2.31. The molecule has 0 bridgehead atoms. The van der Waals surface area contributed by atoms with Crippen LogP contribution in [-0.4, -0.2) is 44.1 Å². The summed E-state index contributed by atoms with van der Waals surface area (Å²) in [5.41, 5.74) is 1.16. The van der Waals surface area contributed by atoms with Gasteiger partial charge in [-0.15, -0.1) is 12.4 Å². The Morgan fingerprint density at radius 2 is 2.23 bits per heavy atom. The second kappa shape index (κ2) is 7.84. The lowest BCUT2D eigenvalue weighted by Crippen LogP contribution is -2.47. The molecule has 0 saturated carbocycles. The van der Waals surface area contributed by atoms with Gasteiger partial charge in [-0.1, -0.05) is 18.2 Å². The molecule has 2 atom stereocenters. The summed E-state index contributed by atoms with van der Waals surface area (Å²) in [5.74, 6) is 1.77. The molecule has 1 aromatic carbocycles. The molecule has 0 aromatic heterocycles. The number of carbonyl (C=O) groups excluding carboxylic acids is 1. The van der Waals surface area contributed by atoms with Crippen molar-refractivity contribution >= 4 is 18.3 Å². The Kier molecular flexibility index (Phi) is 6.09. The van der Waals surface area contributed by atoms with E-state index in [9.17, 15) is 4.79 Å². The highest BCUT2D eigenvalue weighted by Crippen LogP contribution is 2.28. The summed E-state index contributed by atoms with van der Waals surface area (Å²) in [6.07, 6.45) is 3.14. The van der Waals surface area contributed by atoms with Crippen molar-refractivity contribution in [3.05, 3.63) is 29.8 Å². The van der Waals surface area contributed by atoms with Crippen LogP contribution in [0.15, 0.2) is 24.3 Å². The third kappa shape index (κ3) is 3.73. The van der Waals surface area contributed by atoms with Gasteiger partial charge >= 0.3 is 0 Å². The number of benzene rings is 1. The van der Waals surface area contributed by atoms with Crippen LogP contribution in [0.25, 0.3) is 0 Å². The van der Waals surface area contributed by atoms with Gasteiger partial charge in [-0.25, -0.2) is 0 Å². The fraction of sp³-hybridized carbons (Fsp3) is 0.588. The summed E-state index contributed by atoms with van der Waals surface area (Å²) < 4.78 is 5.76. The minimum absolute atomic E-state index is 0. The van der Waals surface area contributed by atoms with E-state index in [1.165, 1.54) is 6.42 Å². The molecule has 0 aliphatic carbocycles. The van der Waals surface area contributed by atoms with E-state index in [4.69, 9.17) is 4.74 Å². The van der Waals surface area contributed by atoms with E-state index in [1.54, 1.807) is 0 Å². The zero-order valence-corrected chi connectivity index (χ0v) is 13.9. The van der Waals surface area contributed by atoms with Gasteiger partial charge in [0.25, 0.3) is 0 Å². The summed E-state index contributed by atoms with van der Waals surface area (Å²) in [6, 6.07) is 8.04. The Balaban J connectivity index is 0.00000176. The molecule has 2 unspecified atom stereocenters. The first-order chi connectivity index (χ1) is 10.3. The number of amides is 1. The molecule has 122 valence electrons. The van der Waals surface area contributed by atoms with Crippen molar-refractivity contribution in [2.75, 3.05) is 33.3 Å². The van der Waals surface area contributed by atoms with Gasteiger partial charge in [0.2, 0.25) is 5.91 Å². The van der Waals surface area contributed by atoms with Gasteiger partial charge in [0, 0.05) is 13.1 Å². The predicted molar refractivity (Wildman–Crippen MR) is 89.6 cm³/mol. The maximum absolute atomic E-state index is 12.7. The molecule has 5 heteroatoms. The number of fused-ring (bicyclic) bond motifs is 1. The van der Waals surface area contributed by atoms with Gasteiger partial charge in [-0.2, -0.15) is 0 Å². The van der Waals surface area contributed by atoms with Crippen molar-refractivity contribution in [1.29, 1.82) is 0 Å². The number of hydrogen-bond acceptors (Lipinski definition) is 3. The van der Waals surface area contributed by atoms with Crippen molar-refractivity contribution in [1.82, 2.24) is 10.2 Å². The summed E-state index contributed by atoms with van der Waals surface area (Å²) >= 11 is 0. The number of rotatable bonds is 3. The quantitative estimate of drug-likeness (QED) is 0.926. The number of nitrogens with zero attached hydrogens (tertiary/aromatic N) is 1. The maximum atomic E-state index is 12.7. The van der Waals surface area contributed by atoms with Gasteiger partial charge in [-0.3, -0.25) is 4.79 Å². The molecule has 1 fully saturated rings. The largest absolute Gasteiger partial charge is 0.492 e. The van der Waals surface area contributed by atoms with Crippen LogP contribution < -0.4 is 10.1 Å². The van der Waals surface area contributed by atoms with Gasteiger partial charge < -0.3 is 15.0 Å². The molecule has 4 nitrogen and oxygen atoms in total. The number of nitrogens with one attached hydrogen (secondary N) is 1. The number of piperidine rings is 1. The van der Waals surface area contributed by atoms with E-state index >= 15 is 0 Å². The molecule has 2 heterocycles. The highest BCUT2D eigenvalue weighted by atomic mass is 35.5. The molecule has 1 aromatic rings. The Bertz CT molecular complexity index is 507. The summed E-state index contributed by atoms with van der Waals surface area (Å²) in [4.78, 5) is 14.8. The number of ether oxygens (including phenoxy) is 1. The van der Waals surface area contributed by atoms with Gasteiger partial charge in [-0.05, 0) is 50.4 Å². The van der Waals surface area contributed by atoms with Crippen LogP contribution >= 0.6 is 12.4 Å². The number of halogens is 1. The number of likely N-dealkylation sites (tertiary alicyclic amines) is 1. The molecule has 2 aliphatic heterocycles. The smallest absolute Gasteiger partial charge is 0.229 e. The monoisotopic (exact) mass is 324 g/mol. The Labute approximate surface area is 138 Å². The van der Waals surface area contributed by atoms with Crippen molar-refractivity contribution in [2.45, 2.75) is 19.3 Å². The average molecular weight is 325 g/mol. The molecule has 22 heavy (non-hydrogen) atoms. The molecule has 1 saturated heterocycles. The van der Waals surface area contributed by atoms with Crippen LogP contribution in [0.5, 0.6) is 5.75 Å². The molecular weight excluding hydrogens is 300 g/mol. The first-order valence-corrected chi connectivity index (χ1v) is 7.92. The van der Waals surface area contributed by atoms with E-state index < -0.39 is 0 Å². The summed E-state index contributed by atoms with van der Waals surface area (Å²) in [6.45, 7) is 3.30. The number of hydrogen-bond donors (Lipinski definition) is 1. The molecule has 3 rings (SSSR count). The van der Waals surface area contributed by atoms with Crippen LogP contribution in [0.4, 0.5) is 0 Å². The SMILES string of the molecule is CNCC1CCCN(C(=O)C2COc3ccccc3C2)C1.Cl. The number of para-hydroxylation sites is 1. The molecular formula is C17H25ClN2O2. The lowest BCUT2D eigenvalue weighted by atomic mass is 9.92. The first kappa shape index (κ1) is 17.1. The zero-order valence-electron chi connectivity index (χ0n) is 13.1. The predicted octanol–water partition coefficient (Wildman–Crippen LogP) is 2.12. The van der Waals surface area contributed by atoms with E-state index in [-0.39, 0.29) is 24.2 Å². The summed E-state index contributed by atoms with van der Waals surface area (Å²) in [7, 11) is 1.98. The topological polar surface area (TPSA) is 41.6 Å². The fourth-order valence-corrected chi connectivity index (χ4v) is 3.47. The zero-order chi connectivity index (χ0) is 14.7. The van der Waals surface area contributed by atoms with E-state index in [2.05, 4.69) is 11.4 Å². The lowest BCUT2D eigenvalue weighted by molar-refractivity contribution is -0.138. The second-order valence-electron chi connectivity index (χ2n) is 6.17. The lowest BCUT2D eigenvalue weighted by Gasteiger charge is -2.36. The van der Waals surface area contributed by atoms with Crippen molar-refractivity contribution in [2.24, 2.45) is 11.8 Å². The van der Waals surface area contributed by atoms with Gasteiger partial charge in [0.1, 0.15) is 12.4 Å². The Morgan fingerprint density at radius 1 is 1.41 bits per heavy atom. The minimum Gasteiger partial charge on any atom is -0.492 e. The van der Waals surface area contributed by atoms with Crippen molar-refractivity contribution < 1.29 is 9.53 Å². The Hall–Kier alpha value is -1.26. The standard InChI is InChI=1S/C17H24N2O2.ClH/c1-18-10-13-5-4-8-19(11-13)17(20)15-9-14-6-2-3-7-16(14)21-12-15;/h2-3,6-7,13,15,18H,4-5,8-12H2,1H3;1H. The van der Waals surface area contributed by atoms with Crippen LogP contribution in [-0.2, 0) is 11.2 Å². The molecule has 1 amide bonds. The third-order valence-corrected chi connectivity index (χ3v) is 4.55. The normalized spacial score (nSPS) is 24.0. The minimum atomic E-state index is -0.0202. The average Bonchev–Trinajstić information content (AvgIpc) is 2.54. The highest BCUT2D eigenvalue weighted by molar-refractivity contribution is 5.85. The fourth-order valence-electron chi connectivity index (χ4n) is 3.47. The molecule has 2 aliphatic rings. The van der Waals surface area contributed by atoms with E-state index in [0.717, 1.165) is 43.8 Å². The van der Waals surface area contributed by atoms with Crippen molar-refractivity contribution in [3.8, 4) is 5.75 Å². The van der Waals surface area contributed by atoms with Crippen LogP contribution in [0.3, 0.4) is 0 Å². The van der Waals surface area contributed by atoms with E-state index in [1.807, 2.05) is 30.1 Å². The second-order valence-corrected chi connectivity index (χ2v) is 6.17. The molecule has 0 spiro atoms. The van der Waals surface area contributed by atoms with Crippen molar-refractivity contribution in [3.63, 3.8) is 0 Å². The maximum Gasteiger partial charge on any atom is 0.229 e. The molecule has 1 N–H and O–H groups in total. The summed E-state index contributed by atoms with van der Waals surface area (Å²) in [5, 5.41) is 3.23. The van der Waals surface area contributed by atoms with Crippen LogP contribution in [0, 0.1) is 11.8 Å². The third-order valence-electron chi connectivity index (χ3n) is 4.55. The Morgan fingerprint density at radius 3 is 3.05 bits per heavy atom. The van der Waals surface area contributed by atoms with Gasteiger partial charge in [0.05, 0.1) is 5.92 Å². The molecule has 0 radical (unpaired) electrons.